The summed E-state index contributed by atoms with van der Waals surface area (Å²) >= 11 is 0. The van der Waals surface area contributed by atoms with Crippen LogP contribution in [0.4, 0.5) is 5.69 Å². The Labute approximate surface area is 178 Å². The van der Waals surface area contributed by atoms with Gasteiger partial charge in [0.1, 0.15) is 5.75 Å². The fraction of sp³-hybridized carbons (Fsp3) is 0.500. The number of rotatable bonds is 6. The first-order valence-corrected chi connectivity index (χ1v) is 10.9. The largest absolute Gasteiger partial charge is 0.497 e. The summed E-state index contributed by atoms with van der Waals surface area (Å²) in [6.07, 6.45) is 7.31. The van der Waals surface area contributed by atoms with E-state index in [1.165, 1.54) is 5.69 Å². The van der Waals surface area contributed by atoms with Crippen molar-refractivity contribution < 1.29 is 14.3 Å². The SMILES string of the molecule is COc1ccc(C2(C(=O)NCC3CCN(c4cccnc4)CC3)CCOCC2)cc1. The standard InChI is InChI=1S/C24H31N3O3/c1-29-22-6-4-20(5-7-22)24(10-15-30-16-11-24)23(28)26-17-19-8-13-27(14-9-19)21-3-2-12-25-18-21/h2-7,12,18-19H,8-11,13-17H2,1H3,(H,26,28). The minimum Gasteiger partial charge on any atom is -0.497 e. The molecule has 2 aromatic rings. The number of carbonyl (C=O) groups is 1. The number of benzene rings is 1. The minimum absolute atomic E-state index is 0.130. The zero-order valence-electron chi connectivity index (χ0n) is 17.7. The van der Waals surface area contributed by atoms with Crippen molar-refractivity contribution in [3.05, 3.63) is 54.4 Å². The molecule has 2 fully saturated rings. The normalized spacial score (nSPS) is 19.3. The molecule has 3 heterocycles. The van der Waals surface area contributed by atoms with E-state index in [4.69, 9.17) is 9.47 Å². The van der Waals surface area contributed by atoms with Gasteiger partial charge in [-0.2, -0.15) is 0 Å². The van der Waals surface area contributed by atoms with Crippen LogP contribution in [0.3, 0.4) is 0 Å². The summed E-state index contributed by atoms with van der Waals surface area (Å²) in [7, 11) is 1.66. The summed E-state index contributed by atoms with van der Waals surface area (Å²) < 4.78 is 10.9. The van der Waals surface area contributed by atoms with Crippen molar-refractivity contribution in [3.8, 4) is 5.75 Å². The Morgan fingerprint density at radius 2 is 1.93 bits per heavy atom. The lowest BCUT2D eigenvalue weighted by atomic mass is 9.73. The molecule has 0 unspecified atom stereocenters. The first kappa shape index (κ1) is 20.7. The maximum absolute atomic E-state index is 13.4. The van der Waals surface area contributed by atoms with Gasteiger partial charge in [0.25, 0.3) is 0 Å². The third-order valence-electron chi connectivity index (χ3n) is 6.60. The van der Waals surface area contributed by atoms with Crippen LogP contribution >= 0.6 is 0 Å². The van der Waals surface area contributed by atoms with Crippen LogP contribution in [0.5, 0.6) is 5.75 Å². The molecule has 6 nitrogen and oxygen atoms in total. The van der Waals surface area contributed by atoms with E-state index in [1.807, 2.05) is 36.5 Å². The van der Waals surface area contributed by atoms with Gasteiger partial charge in [-0.05, 0) is 61.4 Å². The fourth-order valence-electron chi connectivity index (χ4n) is 4.62. The van der Waals surface area contributed by atoms with Crippen LogP contribution in [0.1, 0.15) is 31.2 Å². The number of hydrogen-bond acceptors (Lipinski definition) is 5. The van der Waals surface area contributed by atoms with Gasteiger partial charge in [-0.15, -0.1) is 0 Å². The molecule has 30 heavy (non-hydrogen) atoms. The lowest BCUT2D eigenvalue weighted by Crippen LogP contribution is -2.49. The van der Waals surface area contributed by atoms with Gasteiger partial charge in [0.05, 0.1) is 24.4 Å². The van der Waals surface area contributed by atoms with Gasteiger partial charge in [0, 0.05) is 39.0 Å². The van der Waals surface area contributed by atoms with Gasteiger partial charge >= 0.3 is 0 Å². The second-order valence-electron chi connectivity index (χ2n) is 8.27. The number of amides is 1. The Kier molecular flexibility index (Phi) is 6.53. The maximum Gasteiger partial charge on any atom is 0.230 e. The van der Waals surface area contributed by atoms with E-state index in [9.17, 15) is 4.79 Å². The van der Waals surface area contributed by atoms with Gasteiger partial charge in [0.15, 0.2) is 0 Å². The smallest absolute Gasteiger partial charge is 0.230 e. The van der Waals surface area contributed by atoms with Crippen LogP contribution in [-0.2, 0) is 14.9 Å². The average molecular weight is 410 g/mol. The van der Waals surface area contributed by atoms with E-state index in [1.54, 1.807) is 13.3 Å². The summed E-state index contributed by atoms with van der Waals surface area (Å²) in [6.45, 7) is 3.97. The number of carbonyl (C=O) groups excluding carboxylic acids is 1. The zero-order valence-corrected chi connectivity index (χ0v) is 17.7. The molecule has 0 atom stereocenters. The Bertz CT molecular complexity index is 811. The highest BCUT2D eigenvalue weighted by Gasteiger charge is 2.41. The van der Waals surface area contributed by atoms with Gasteiger partial charge in [-0.1, -0.05) is 12.1 Å². The van der Waals surface area contributed by atoms with E-state index in [2.05, 4.69) is 21.3 Å². The molecule has 0 saturated carbocycles. The summed E-state index contributed by atoms with van der Waals surface area (Å²) in [5, 5.41) is 3.29. The van der Waals surface area contributed by atoms with Crippen molar-refractivity contribution in [1.82, 2.24) is 10.3 Å². The van der Waals surface area contributed by atoms with Gasteiger partial charge in [0.2, 0.25) is 5.91 Å². The van der Waals surface area contributed by atoms with Gasteiger partial charge in [-0.25, -0.2) is 0 Å². The molecule has 1 aromatic heterocycles. The quantitative estimate of drug-likeness (QED) is 0.794. The predicted molar refractivity (Wildman–Crippen MR) is 117 cm³/mol. The monoisotopic (exact) mass is 409 g/mol. The first-order chi connectivity index (χ1) is 14.7. The van der Waals surface area contributed by atoms with Crippen molar-refractivity contribution in [2.75, 3.05) is 44.9 Å². The molecule has 1 aromatic carbocycles. The number of nitrogens with zero attached hydrogens (tertiary/aromatic N) is 2. The molecule has 2 aliphatic rings. The number of pyridine rings is 1. The number of methoxy groups -OCH3 is 1. The van der Waals surface area contributed by atoms with E-state index < -0.39 is 5.41 Å². The summed E-state index contributed by atoms with van der Waals surface area (Å²) in [4.78, 5) is 20.0. The van der Waals surface area contributed by atoms with E-state index in [-0.39, 0.29) is 5.91 Å². The van der Waals surface area contributed by atoms with Crippen molar-refractivity contribution in [2.24, 2.45) is 5.92 Å². The van der Waals surface area contributed by atoms with Crippen molar-refractivity contribution in [3.63, 3.8) is 0 Å². The number of anilines is 1. The highest BCUT2D eigenvalue weighted by atomic mass is 16.5. The molecule has 160 valence electrons. The number of aromatic nitrogens is 1. The van der Waals surface area contributed by atoms with Crippen LogP contribution in [0.2, 0.25) is 0 Å². The van der Waals surface area contributed by atoms with E-state index >= 15 is 0 Å². The topological polar surface area (TPSA) is 63.7 Å². The van der Waals surface area contributed by atoms with E-state index in [0.29, 0.717) is 32.0 Å². The summed E-state index contributed by atoms with van der Waals surface area (Å²) in [5.41, 5.74) is 1.72. The van der Waals surface area contributed by atoms with Crippen LogP contribution in [0.25, 0.3) is 0 Å². The number of hydrogen-bond donors (Lipinski definition) is 1. The number of ether oxygens (including phenoxy) is 2. The summed E-state index contributed by atoms with van der Waals surface area (Å²) in [5.74, 6) is 1.45. The van der Waals surface area contributed by atoms with Crippen LogP contribution < -0.4 is 15.0 Å². The highest BCUT2D eigenvalue weighted by Crippen LogP contribution is 2.36. The number of nitrogens with one attached hydrogen (secondary N) is 1. The Balaban J connectivity index is 1.36. The maximum atomic E-state index is 13.4. The molecule has 0 spiro atoms. The summed E-state index contributed by atoms with van der Waals surface area (Å²) in [6, 6.07) is 12.0. The lowest BCUT2D eigenvalue weighted by molar-refractivity contribution is -0.130. The average Bonchev–Trinajstić information content (AvgIpc) is 2.84. The Hall–Kier alpha value is -2.60. The molecule has 2 aliphatic heterocycles. The second kappa shape index (κ2) is 9.47. The number of piperidine rings is 1. The molecule has 6 heteroatoms. The zero-order chi connectivity index (χ0) is 20.8. The second-order valence-corrected chi connectivity index (χ2v) is 8.27. The molecular weight excluding hydrogens is 378 g/mol. The molecule has 1 amide bonds. The fourth-order valence-corrected chi connectivity index (χ4v) is 4.62. The van der Waals surface area contributed by atoms with Crippen molar-refractivity contribution >= 4 is 11.6 Å². The van der Waals surface area contributed by atoms with Crippen LogP contribution in [-0.4, -0.2) is 50.8 Å². The van der Waals surface area contributed by atoms with E-state index in [0.717, 1.165) is 43.8 Å². The third-order valence-corrected chi connectivity index (χ3v) is 6.60. The van der Waals surface area contributed by atoms with Gasteiger partial charge < -0.3 is 19.7 Å². The molecule has 0 bridgehead atoms. The molecule has 0 radical (unpaired) electrons. The Morgan fingerprint density at radius 1 is 1.20 bits per heavy atom. The molecule has 4 rings (SSSR count). The predicted octanol–water partition coefficient (Wildman–Crippen LogP) is 3.17. The molecule has 1 N–H and O–H groups in total. The lowest BCUT2D eigenvalue weighted by Gasteiger charge is -2.38. The van der Waals surface area contributed by atoms with Crippen LogP contribution in [0, 0.1) is 5.92 Å². The minimum atomic E-state index is -0.513. The first-order valence-electron chi connectivity index (χ1n) is 10.9. The highest BCUT2D eigenvalue weighted by molar-refractivity contribution is 5.88. The van der Waals surface area contributed by atoms with Crippen LogP contribution in [0.15, 0.2) is 48.8 Å². The third kappa shape index (κ3) is 4.43. The van der Waals surface area contributed by atoms with Gasteiger partial charge in [-0.3, -0.25) is 9.78 Å². The Morgan fingerprint density at radius 3 is 2.57 bits per heavy atom. The molecule has 2 saturated heterocycles. The molecule has 0 aliphatic carbocycles. The molecular formula is C24H31N3O3. The van der Waals surface area contributed by atoms with Crippen molar-refractivity contribution in [2.45, 2.75) is 31.1 Å². The van der Waals surface area contributed by atoms with Crippen molar-refractivity contribution in [1.29, 1.82) is 0 Å².